The van der Waals surface area contributed by atoms with Crippen LogP contribution in [-0.4, -0.2) is 37.0 Å². The number of aliphatic imine (C=N–C) groups is 1. The minimum Gasteiger partial charge on any atom is -0.468 e. The van der Waals surface area contributed by atoms with Crippen molar-refractivity contribution >= 4 is 41.7 Å². The molecule has 2 rings (SSSR count). The number of aryl methyl sites for hydroxylation is 1. The second-order valence-corrected chi connectivity index (χ2v) is 6.81. The molecule has 10 heteroatoms. The van der Waals surface area contributed by atoms with Gasteiger partial charge in [-0.25, -0.2) is 4.98 Å². The number of hydrogen-bond acceptors (Lipinski definition) is 4. The van der Waals surface area contributed by atoms with Crippen LogP contribution in [0, 0.1) is 6.92 Å². The van der Waals surface area contributed by atoms with E-state index in [0.717, 1.165) is 5.56 Å². The smallest absolute Gasteiger partial charge is 0.422 e. The average Bonchev–Trinajstić information content (AvgIpc) is 2.67. The number of hydrogen-bond donors (Lipinski definition) is 2. The lowest BCUT2D eigenvalue weighted by molar-refractivity contribution is -0.154. The average molecular weight is 540 g/mol. The van der Waals surface area contributed by atoms with Crippen LogP contribution >= 0.6 is 35.7 Å². The molecule has 1 heterocycles. The van der Waals surface area contributed by atoms with Gasteiger partial charge in [0.15, 0.2) is 12.6 Å². The van der Waals surface area contributed by atoms with Crippen molar-refractivity contribution in [3.8, 4) is 5.88 Å². The summed E-state index contributed by atoms with van der Waals surface area (Å²) in [6.45, 7) is 1.46. The Bertz CT molecular complexity index is 818. The molecule has 5 nitrogen and oxygen atoms in total. The molecular formula is C19H24F3IN4OS. The standard InChI is InChI=1S/C19H23F3N4OS.HI/c1-13-6-7-14(16(9-13)28-3)10-25-18(23-2)26-11-15-5-4-8-24-17(15)27-12-19(20,21)22;/h4-9H,10-12H2,1-3H3,(H2,23,25,26);1H. The number of thioether (sulfide) groups is 1. The summed E-state index contributed by atoms with van der Waals surface area (Å²) in [5.41, 5.74) is 2.84. The van der Waals surface area contributed by atoms with E-state index in [-0.39, 0.29) is 36.4 Å². The van der Waals surface area contributed by atoms with Crippen LogP contribution in [0.5, 0.6) is 5.88 Å². The van der Waals surface area contributed by atoms with Gasteiger partial charge in [0.1, 0.15) is 0 Å². The van der Waals surface area contributed by atoms with E-state index in [0.29, 0.717) is 18.1 Å². The highest BCUT2D eigenvalue weighted by Gasteiger charge is 2.29. The van der Waals surface area contributed by atoms with Crippen molar-refractivity contribution in [1.82, 2.24) is 15.6 Å². The molecule has 0 fully saturated rings. The largest absolute Gasteiger partial charge is 0.468 e. The minimum atomic E-state index is -4.41. The fourth-order valence-electron chi connectivity index (χ4n) is 2.42. The van der Waals surface area contributed by atoms with Gasteiger partial charge in [0.2, 0.25) is 5.88 Å². The van der Waals surface area contributed by atoms with Gasteiger partial charge >= 0.3 is 6.18 Å². The van der Waals surface area contributed by atoms with Gasteiger partial charge < -0.3 is 15.4 Å². The summed E-state index contributed by atoms with van der Waals surface area (Å²) in [6, 6.07) is 9.53. The van der Waals surface area contributed by atoms with Crippen LogP contribution in [-0.2, 0) is 13.1 Å². The van der Waals surface area contributed by atoms with Gasteiger partial charge in [-0.05, 0) is 36.4 Å². The van der Waals surface area contributed by atoms with Crippen molar-refractivity contribution in [2.24, 2.45) is 4.99 Å². The van der Waals surface area contributed by atoms with E-state index in [1.807, 2.05) is 19.2 Å². The van der Waals surface area contributed by atoms with E-state index >= 15 is 0 Å². The number of ether oxygens (including phenoxy) is 1. The first-order chi connectivity index (χ1) is 13.3. The number of guanidine groups is 1. The molecule has 0 aliphatic carbocycles. The van der Waals surface area contributed by atoms with Gasteiger partial charge in [-0.1, -0.05) is 18.2 Å². The lowest BCUT2D eigenvalue weighted by atomic mass is 10.1. The van der Waals surface area contributed by atoms with Crippen molar-refractivity contribution in [1.29, 1.82) is 0 Å². The molecule has 0 radical (unpaired) electrons. The number of nitrogens with zero attached hydrogens (tertiary/aromatic N) is 2. The maximum Gasteiger partial charge on any atom is 0.422 e. The second-order valence-electron chi connectivity index (χ2n) is 5.97. The van der Waals surface area contributed by atoms with E-state index in [1.165, 1.54) is 16.7 Å². The third-order valence-corrected chi connectivity index (χ3v) is 4.60. The van der Waals surface area contributed by atoms with Crippen molar-refractivity contribution in [3.05, 3.63) is 53.2 Å². The predicted octanol–water partition coefficient (Wildman–Crippen LogP) is 4.54. The summed E-state index contributed by atoms with van der Waals surface area (Å²) in [5, 5.41) is 6.28. The van der Waals surface area contributed by atoms with Crippen LogP contribution in [0.2, 0.25) is 0 Å². The van der Waals surface area contributed by atoms with Crippen LogP contribution in [0.3, 0.4) is 0 Å². The van der Waals surface area contributed by atoms with Crippen LogP contribution in [0.15, 0.2) is 46.4 Å². The quantitative estimate of drug-likeness (QED) is 0.234. The van der Waals surface area contributed by atoms with Gasteiger partial charge in [0.05, 0.1) is 0 Å². The maximum atomic E-state index is 12.4. The Kier molecular flexibility index (Phi) is 10.6. The number of benzene rings is 1. The number of rotatable bonds is 7. The van der Waals surface area contributed by atoms with Crippen molar-refractivity contribution in [2.75, 3.05) is 19.9 Å². The second kappa shape index (κ2) is 12.1. The normalized spacial score (nSPS) is 11.6. The molecule has 2 N–H and O–H groups in total. The fraction of sp³-hybridized carbons (Fsp3) is 0.368. The van der Waals surface area contributed by atoms with Gasteiger partial charge in [0.25, 0.3) is 0 Å². The number of alkyl halides is 3. The summed E-state index contributed by atoms with van der Waals surface area (Å²) in [6.07, 6.45) is -0.997. The summed E-state index contributed by atoms with van der Waals surface area (Å²) in [7, 11) is 1.63. The molecular weight excluding hydrogens is 516 g/mol. The Labute approximate surface area is 189 Å². The van der Waals surface area contributed by atoms with E-state index in [4.69, 9.17) is 4.74 Å². The highest BCUT2D eigenvalue weighted by Crippen LogP contribution is 2.22. The van der Waals surface area contributed by atoms with Crippen molar-refractivity contribution in [2.45, 2.75) is 31.1 Å². The molecule has 160 valence electrons. The topological polar surface area (TPSA) is 58.5 Å². The summed E-state index contributed by atoms with van der Waals surface area (Å²) in [5.74, 6) is 0.476. The third-order valence-electron chi connectivity index (χ3n) is 3.78. The molecule has 0 saturated heterocycles. The zero-order valence-electron chi connectivity index (χ0n) is 16.3. The molecule has 0 bridgehead atoms. The molecule has 0 aliphatic heterocycles. The first-order valence-corrected chi connectivity index (χ1v) is 9.76. The zero-order valence-corrected chi connectivity index (χ0v) is 19.5. The highest BCUT2D eigenvalue weighted by molar-refractivity contribution is 14.0. The summed E-state index contributed by atoms with van der Waals surface area (Å²) < 4.78 is 42.0. The van der Waals surface area contributed by atoms with E-state index in [2.05, 4.69) is 32.7 Å². The summed E-state index contributed by atoms with van der Waals surface area (Å²) in [4.78, 5) is 9.22. The maximum absolute atomic E-state index is 12.4. The van der Waals surface area contributed by atoms with E-state index in [9.17, 15) is 13.2 Å². The molecule has 0 spiro atoms. The Morgan fingerprint density at radius 1 is 1.17 bits per heavy atom. The van der Waals surface area contributed by atoms with Crippen molar-refractivity contribution < 1.29 is 17.9 Å². The molecule has 0 amide bonds. The molecule has 1 aromatic carbocycles. The van der Waals surface area contributed by atoms with Crippen LogP contribution in [0.4, 0.5) is 13.2 Å². The van der Waals surface area contributed by atoms with E-state index in [1.54, 1.807) is 30.9 Å². The van der Waals surface area contributed by atoms with Crippen LogP contribution in [0.1, 0.15) is 16.7 Å². The number of halogens is 4. The molecule has 29 heavy (non-hydrogen) atoms. The van der Waals surface area contributed by atoms with Crippen molar-refractivity contribution in [3.63, 3.8) is 0 Å². The first-order valence-electron chi connectivity index (χ1n) is 8.54. The summed E-state index contributed by atoms with van der Waals surface area (Å²) >= 11 is 1.67. The number of aromatic nitrogens is 1. The third kappa shape index (κ3) is 8.69. The predicted molar refractivity (Wildman–Crippen MR) is 121 cm³/mol. The van der Waals surface area contributed by atoms with Crippen LogP contribution in [0.25, 0.3) is 0 Å². The number of pyridine rings is 1. The van der Waals surface area contributed by atoms with Gasteiger partial charge in [0, 0.05) is 36.8 Å². The van der Waals surface area contributed by atoms with Gasteiger partial charge in [-0.3, -0.25) is 4.99 Å². The monoisotopic (exact) mass is 540 g/mol. The lowest BCUT2D eigenvalue weighted by Crippen LogP contribution is -2.36. The lowest BCUT2D eigenvalue weighted by Gasteiger charge is -2.15. The Balaban J connectivity index is 0.00000420. The Morgan fingerprint density at radius 3 is 2.48 bits per heavy atom. The van der Waals surface area contributed by atoms with Crippen LogP contribution < -0.4 is 15.4 Å². The molecule has 2 aromatic rings. The molecule has 0 aliphatic rings. The highest BCUT2D eigenvalue weighted by atomic mass is 127. The SMILES string of the molecule is CN=C(NCc1ccc(C)cc1SC)NCc1cccnc1OCC(F)(F)F.I. The molecule has 0 unspecified atom stereocenters. The minimum absolute atomic E-state index is 0. The van der Waals surface area contributed by atoms with Gasteiger partial charge in [-0.2, -0.15) is 13.2 Å². The molecule has 0 atom stereocenters. The first kappa shape index (κ1) is 25.3. The van der Waals surface area contributed by atoms with E-state index < -0.39 is 12.8 Å². The van der Waals surface area contributed by atoms with Gasteiger partial charge in [-0.15, -0.1) is 35.7 Å². The number of nitrogens with one attached hydrogen (secondary N) is 2. The molecule has 1 aromatic heterocycles. The Hall–Kier alpha value is -1.69. The zero-order chi connectivity index (χ0) is 20.6. The Morgan fingerprint density at radius 2 is 1.86 bits per heavy atom. The fourth-order valence-corrected chi connectivity index (χ4v) is 3.12. The molecule has 0 saturated carbocycles.